The summed E-state index contributed by atoms with van der Waals surface area (Å²) in [4.78, 5) is 2.08. The molecule has 0 aromatic heterocycles. The van der Waals surface area contributed by atoms with E-state index in [1.54, 1.807) is 0 Å². The van der Waals surface area contributed by atoms with Gasteiger partial charge < -0.3 is 10.8 Å². The van der Waals surface area contributed by atoms with Crippen LogP contribution in [0.3, 0.4) is 0 Å². The molecule has 0 amide bonds. The van der Waals surface area contributed by atoms with Crippen molar-refractivity contribution in [2.24, 2.45) is 0 Å². The summed E-state index contributed by atoms with van der Waals surface area (Å²) < 4.78 is 38.1. The van der Waals surface area contributed by atoms with Crippen molar-refractivity contribution in [3.63, 3.8) is 0 Å². The maximum absolute atomic E-state index is 12.7. The molecule has 2 rings (SSSR count). The van der Waals surface area contributed by atoms with Crippen LogP contribution >= 0.6 is 0 Å². The highest BCUT2D eigenvalue weighted by Gasteiger charge is 2.35. The summed E-state index contributed by atoms with van der Waals surface area (Å²) in [5, 5.41) is 9.36. The summed E-state index contributed by atoms with van der Waals surface area (Å²) in [6, 6.07) is 2.38. The van der Waals surface area contributed by atoms with Gasteiger partial charge in [0.15, 0.2) is 5.75 Å². The van der Waals surface area contributed by atoms with Crippen LogP contribution in [0.5, 0.6) is 5.75 Å². The number of benzene rings is 1. The number of anilines is 1. The number of hydrogen-bond acceptors (Lipinski definition) is 3. The Morgan fingerprint density at radius 2 is 1.83 bits per heavy atom. The molecule has 0 spiro atoms. The van der Waals surface area contributed by atoms with Gasteiger partial charge in [-0.15, -0.1) is 0 Å². The van der Waals surface area contributed by atoms with Crippen molar-refractivity contribution in [1.29, 1.82) is 0 Å². The van der Waals surface area contributed by atoms with Crippen LogP contribution in [0.2, 0.25) is 0 Å². The lowest BCUT2D eigenvalue weighted by atomic mass is 10.1. The molecule has 18 heavy (non-hydrogen) atoms. The molecule has 1 aliphatic rings. The predicted molar refractivity (Wildman–Crippen MR) is 62.0 cm³/mol. The van der Waals surface area contributed by atoms with Gasteiger partial charge in [-0.1, -0.05) is 0 Å². The normalized spacial score (nSPS) is 17.3. The fourth-order valence-corrected chi connectivity index (χ4v) is 2.23. The van der Waals surface area contributed by atoms with Gasteiger partial charge in [-0.2, -0.15) is 13.2 Å². The quantitative estimate of drug-likeness (QED) is 0.634. The highest BCUT2D eigenvalue weighted by molar-refractivity contribution is 5.58. The Kier molecular flexibility index (Phi) is 3.38. The number of phenols is 1. The van der Waals surface area contributed by atoms with Crippen molar-refractivity contribution in [2.75, 3.05) is 18.8 Å². The van der Waals surface area contributed by atoms with Crippen LogP contribution in [0.15, 0.2) is 12.1 Å². The zero-order valence-corrected chi connectivity index (χ0v) is 9.80. The number of nitrogen functional groups attached to an aromatic ring is 1. The third-order valence-corrected chi connectivity index (χ3v) is 3.11. The summed E-state index contributed by atoms with van der Waals surface area (Å²) in [6.07, 6.45) is -2.45. The minimum Gasteiger partial charge on any atom is -0.505 e. The van der Waals surface area contributed by atoms with Crippen molar-refractivity contribution in [2.45, 2.75) is 25.6 Å². The Balaban J connectivity index is 2.28. The van der Waals surface area contributed by atoms with Crippen LogP contribution in [-0.4, -0.2) is 23.1 Å². The molecule has 3 N–H and O–H groups in total. The first-order valence-electron chi connectivity index (χ1n) is 5.79. The highest BCUT2D eigenvalue weighted by atomic mass is 19.4. The molecule has 1 heterocycles. The van der Waals surface area contributed by atoms with E-state index in [2.05, 4.69) is 4.90 Å². The first kappa shape index (κ1) is 13.0. The first-order valence-corrected chi connectivity index (χ1v) is 5.79. The fourth-order valence-electron chi connectivity index (χ4n) is 2.23. The molecule has 3 nitrogen and oxygen atoms in total. The van der Waals surface area contributed by atoms with E-state index in [1.807, 2.05) is 0 Å². The van der Waals surface area contributed by atoms with E-state index in [0.29, 0.717) is 12.1 Å². The average Bonchev–Trinajstić information content (AvgIpc) is 2.74. The van der Waals surface area contributed by atoms with Gasteiger partial charge in [-0.25, -0.2) is 0 Å². The van der Waals surface area contributed by atoms with Gasteiger partial charge in [-0.3, -0.25) is 4.90 Å². The molecule has 0 aliphatic carbocycles. The van der Waals surface area contributed by atoms with E-state index in [-0.39, 0.29) is 5.69 Å². The maximum Gasteiger partial charge on any atom is 0.420 e. The Morgan fingerprint density at radius 1 is 1.22 bits per heavy atom. The summed E-state index contributed by atoms with van der Waals surface area (Å²) in [7, 11) is 0. The molecule has 1 saturated heterocycles. The lowest BCUT2D eigenvalue weighted by molar-refractivity contribution is -0.138. The average molecular weight is 260 g/mol. The van der Waals surface area contributed by atoms with Gasteiger partial charge in [0.1, 0.15) is 0 Å². The van der Waals surface area contributed by atoms with Crippen LogP contribution < -0.4 is 5.73 Å². The number of phenolic OH excluding ortho intramolecular Hbond substituents is 1. The van der Waals surface area contributed by atoms with Crippen LogP contribution in [0, 0.1) is 0 Å². The lowest BCUT2D eigenvalue weighted by Gasteiger charge is -2.17. The van der Waals surface area contributed by atoms with Crippen molar-refractivity contribution in [3.05, 3.63) is 23.3 Å². The number of hydrogen-bond donors (Lipinski definition) is 2. The highest BCUT2D eigenvalue weighted by Crippen LogP contribution is 2.39. The molecule has 1 aromatic rings. The van der Waals surface area contributed by atoms with Crippen LogP contribution in [0.25, 0.3) is 0 Å². The van der Waals surface area contributed by atoms with Crippen molar-refractivity contribution in [3.8, 4) is 5.75 Å². The Bertz CT molecular complexity index is 440. The number of aromatic hydroxyl groups is 1. The summed E-state index contributed by atoms with van der Waals surface area (Å²) in [5.74, 6) is -0.882. The maximum atomic E-state index is 12.7. The van der Waals surface area contributed by atoms with E-state index >= 15 is 0 Å². The third-order valence-electron chi connectivity index (χ3n) is 3.11. The molecule has 0 unspecified atom stereocenters. The standard InChI is InChI=1S/C12H15F3N2O/c13-12(14,15)9-5-8(6-10(16)11(9)18)7-17-3-1-2-4-17/h5-6,18H,1-4,7,16H2. The second kappa shape index (κ2) is 4.68. The largest absolute Gasteiger partial charge is 0.505 e. The molecule has 0 radical (unpaired) electrons. The number of halogens is 3. The third kappa shape index (κ3) is 2.69. The Morgan fingerprint density at radius 3 is 2.39 bits per heavy atom. The molecule has 6 heteroatoms. The minimum absolute atomic E-state index is 0.223. The molecule has 1 aliphatic heterocycles. The minimum atomic E-state index is -4.58. The van der Waals surface area contributed by atoms with Gasteiger partial charge in [0.05, 0.1) is 11.3 Å². The number of likely N-dealkylation sites (tertiary alicyclic amines) is 1. The molecular formula is C12H15F3N2O. The molecule has 1 aromatic carbocycles. The lowest BCUT2D eigenvalue weighted by Crippen LogP contribution is -2.19. The number of rotatable bonds is 2. The van der Waals surface area contributed by atoms with Crippen LogP contribution in [0.4, 0.5) is 18.9 Å². The van der Waals surface area contributed by atoms with Gasteiger partial charge in [0, 0.05) is 6.54 Å². The number of nitrogens with zero attached hydrogens (tertiary/aromatic N) is 1. The molecule has 1 fully saturated rings. The predicted octanol–water partition coefficient (Wildman–Crippen LogP) is 2.59. The van der Waals surface area contributed by atoms with Crippen molar-refractivity contribution in [1.82, 2.24) is 4.90 Å². The second-order valence-electron chi connectivity index (χ2n) is 4.56. The monoisotopic (exact) mass is 260 g/mol. The van der Waals surface area contributed by atoms with Gasteiger partial charge in [-0.05, 0) is 43.6 Å². The van der Waals surface area contributed by atoms with E-state index < -0.39 is 17.5 Å². The van der Waals surface area contributed by atoms with E-state index in [4.69, 9.17) is 5.73 Å². The summed E-state index contributed by atoms with van der Waals surface area (Å²) >= 11 is 0. The first-order chi connectivity index (χ1) is 8.38. The summed E-state index contributed by atoms with van der Waals surface area (Å²) in [6.45, 7) is 2.22. The van der Waals surface area contributed by atoms with E-state index in [1.165, 1.54) is 6.07 Å². The van der Waals surface area contributed by atoms with Crippen molar-refractivity contribution >= 4 is 5.69 Å². The molecule has 0 bridgehead atoms. The topological polar surface area (TPSA) is 49.5 Å². The second-order valence-corrected chi connectivity index (χ2v) is 4.56. The zero-order valence-electron chi connectivity index (χ0n) is 9.80. The van der Waals surface area contributed by atoms with Gasteiger partial charge >= 0.3 is 6.18 Å². The number of nitrogens with two attached hydrogens (primary N) is 1. The molecule has 100 valence electrons. The van der Waals surface area contributed by atoms with Gasteiger partial charge in [0.25, 0.3) is 0 Å². The smallest absolute Gasteiger partial charge is 0.420 e. The Hall–Kier alpha value is -1.43. The van der Waals surface area contributed by atoms with E-state index in [0.717, 1.165) is 32.0 Å². The summed E-state index contributed by atoms with van der Waals surface area (Å²) in [5.41, 5.74) is 4.63. The SMILES string of the molecule is Nc1cc(CN2CCCC2)cc(C(F)(F)F)c1O. The Labute approximate surface area is 103 Å². The molecule has 0 saturated carbocycles. The van der Waals surface area contributed by atoms with Crippen LogP contribution in [-0.2, 0) is 12.7 Å². The van der Waals surface area contributed by atoms with Crippen LogP contribution in [0.1, 0.15) is 24.0 Å². The molecule has 0 atom stereocenters. The van der Waals surface area contributed by atoms with Gasteiger partial charge in [0.2, 0.25) is 0 Å². The fraction of sp³-hybridized carbons (Fsp3) is 0.500. The number of alkyl halides is 3. The van der Waals surface area contributed by atoms with E-state index in [9.17, 15) is 18.3 Å². The molecular weight excluding hydrogens is 245 g/mol. The zero-order chi connectivity index (χ0) is 13.3. The van der Waals surface area contributed by atoms with Crippen molar-refractivity contribution < 1.29 is 18.3 Å².